The van der Waals surface area contributed by atoms with Gasteiger partial charge in [-0.1, -0.05) is 24.9 Å². The number of carbonyl (C=O) groups is 2. The Hall–Kier alpha value is -2.42. The third-order valence-electron chi connectivity index (χ3n) is 3.98. The van der Waals surface area contributed by atoms with Crippen molar-refractivity contribution < 1.29 is 22.7 Å². The highest BCUT2D eigenvalue weighted by Crippen LogP contribution is 2.16. The molecular weight excluding hydrogens is 416 g/mol. The number of halogens is 1. The Balaban J connectivity index is 2.10. The topological polar surface area (TPSA) is 102 Å². The predicted molar refractivity (Wildman–Crippen MR) is 111 cm³/mol. The van der Waals surface area contributed by atoms with Crippen LogP contribution in [-0.4, -0.2) is 32.9 Å². The first-order chi connectivity index (χ1) is 13.8. The van der Waals surface area contributed by atoms with E-state index in [1.165, 1.54) is 36.4 Å². The number of rotatable bonds is 9. The molecule has 1 atom stereocenters. The molecular formula is C20H23ClN2O5S. The number of hydrogen-bond acceptors (Lipinski definition) is 5. The first-order valence-corrected chi connectivity index (χ1v) is 11.0. The molecule has 1 amide bonds. The van der Waals surface area contributed by atoms with Crippen molar-refractivity contribution in [1.29, 1.82) is 0 Å². The maximum atomic E-state index is 12.6. The van der Waals surface area contributed by atoms with Crippen LogP contribution in [0, 0.1) is 0 Å². The molecule has 1 unspecified atom stereocenters. The number of anilines is 1. The molecule has 0 aliphatic heterocycles. The second-order valence-electron chi connectivity index (χ2n) is 6.20. The molecule has 0 aliphatic rings. The zero-order valence-corrected chi connectivity index (χ0v) is 17.7. The average molecular weight is 439 g/mol. The van der Waals surface area contributed by atoms with E-state index in [0.29, 0.717) is 29.1 Å². The van der Waals surface area contributed by atoms with Crippen LogP contribution in [0.25, 0.3) is 0 Å². The molecule has 0 radical (unpaired) electrons. The van der Waals surface area contributed by atoms with Crippen molar-refractivity contribution >= 4 is 39.2 Å². The van der Waals surface area contributed by atoms with Gasteiger partial charge in [0.2, 0.25) is 15.9 Å². The van der Waals surface area contributed by atoms with Crippen LogP contribution >= 0.6 is 11.6 Å². The molecule has 2 rings (SSSR count). The standard InChI is InChI=1S/C20H23ClN2O5S/c1-3-5-18(23-29(26,27)17-12-8-15(21)9-13-17)19(24)22-16-10-6-14(7-11-16)20(25)28-4-2/h6-13,18,23H,3-5H2,1-2H3,(H,22,24). The Morgan fingerprint density at radius 2 is 1.66 bits per heavy atom. The molecule has 0 heterocycles. The SMILES string of the molecule is CCCC(NS(=O)(=O)c1ccc(Cl)cc1)C(=O)Nc1ccc(C(=O)OCC)cc1. The van der Waals surface area contributed by atoms with E-state index in [4.69, 9.17) is 16.3 Å². The number of benzene rings is 2. The van der Waals surface area contributed by atoms with Crippen molar-refractivity contribution in [3.63, 3.8) is 0 Å². The van der Waals surface area contributed by atoms with Gasteiger partial charge in [-0.25, -0.2) is 13.2 Å². The van der Waals surface area contributed by atoms with Crippen molar-refractivity contribution in [3.05, 3.63) is 59.1 Å². The molecule has 9 heteroatoms. The highest BCUT2D eigenvalue weighted by atomic mass is 35.5. The summed E-state index contributed by atoms with van der Waals surface area (Å²) in [7, 11) is -3.89. The number of sulfonamides is 1. The normalized spacial score (nSPS) is 12.2. The zero-order valence-electron chi connectivity index (χ0n) is 16.1. The molecule has 156 valence electrons. The number of hydrogen-bond donors (Lipinski definition) is 2. The van der Waals surface area contributed by atoms with Gasteiger partial charge in [-0.2, -0.15) is 4.72 Å². The smallest absolute Gasteiger partial charge is 0.338 e. The fourth-order valence-electron chi connectivity index (χ4n) is 2.53. The third kappa shape index (κ3) is 6.56. The zero-order chi connectivity index (χ0) is 21.4. The molecule has 2 aromatic rings. The summed E-state index contributed by atoms with van der Waals surface area (Å²) in [6.07, 6.45) is 0.919. The largest absolute Gasteiger partial charge is 0.462 e. The Labute approximate surface area is 175 Å². The van der Waals surface area contributed by atoms with E-state index >= 15 is 0 Å². The lowest BCUT2D eigenvalue weighted by Gasteiger charge is -2.18. The van der Waals surface area contributed by atoms with Crippen LogP contribution in [0.4, 0.5) is 5.69 Å². The molecule has 0 spiro atoms. The Morgan fingerprint density at radius 1 is 1.03 bits per heavy atom. The van der Waals surface area contributed by atoms with Gasteiger partial charge in [0.15, 0.2) is 0 Å². The molecule has 2 N–H and O–H groups in total. The lowest BCUT2D eigenvalue weighted by molar-refractivity contribution is -0.117. The van der Waals surface area contributed by atoms with Crippen LogP contribution in [-0.2, 0) is 19.6 Å². The highest BCUT2D eigenvalue weighted by molar-refractivity contribution is 7.89. The van der Waals surface area contributed by atoms with E-state index in [2.05, 4.69) is 10.0 Å². The van der Waals surface area contributed by atoms with Crippen LogP contribution in [0.1, 0.15) is 37.0 Å². The average Bonchev–Trinajstić information content (AvgIpc) is 2.68. The minimum absolute atomic E-state index is 0.0228. The van der Waals surface area contributed by atoms with E-state index in [-0.39, 0.29) is 11.5 Å². The Morgan fingerprint density at radius 3 is 2.21 bits per heavy atom. The predicted octanol–water partition coefficient (Wildman–Crippen LogP) is 3.60. The maximum Gasteiger partial charge on any atom is 0.338 e. The summed E-state index contributed by atoms with van der Waals surface area (Å²) in [5.74, 6) is -0.946. The lowest BCUT2D eigenvalue weighted by Crippen LogP contribution is -2.43. The molecule has 0 bridgehead atoms. The van der Waals surface area contributed by atoms with Gasteiger partial charge < -0.3 is 10.1 Å². The van der Waals surface area contributed by atoms with E-state index in [0.717, 1.165) is 0 Å². The summed E-state index contributed by atoms with van der Waals surface area (Å²) in [4.78, 5) is 24.3. The molecule has 0 fully saturated rings. The third-order valence-corrected chi connectivity index (χ3v) is 5.72. The van der Waals surface area contributed by atoms with Crippen molar-refractivity contribution in [1.82, 2.24) is 4.72 Å². The van der Waals surface area contributed by atoms with Crippen LogP contribution < -0.4 is 10.0 Å². The Bertz CT molecular complexity index is 944. The minimum atomic E-state index is -3.89. The number of ether oxygens (including phenoxy) is 1. The summed E-state index contributed by atoms with van der Waals surface area (Å²) in [5.41, 5.74) is 0.799. The molecule has 29 heavy (non-hydrogen) atoms. The number of nitrogens with one attached hydrogen (secondary N) is 2. The highest BCUT2D eigenvalue weighted by Gasteiger charge is 2.25. The number of carbonyl (C=O) groups excluding carboxylic acids is 2. The van der Waals surface area contributed by atoms with Gasteiger partial charge in [-0.05, 0) is 61.9 Å². The van der Waals surface area contributed by atoms with Gasteiger partial charge in [0, 0.05) is 10.7 Å². The molecule has 7 nitrogen and oxygen atoms in total. The number of amides is 1. The van der Waals surface area contributed by atoms with Crippen LogP contribution in [0.5, 0.6) is 0 Å². The van der Waals surface area contributed by atoms with Crippen LogP contribution in [0.2, 0.25) is 5.02 Å². The van der Waals surface area contributed by atoms with Crippen molar-refractivity contribution in [2.45, 2.75) is 37.6 Å². The fourth-order valence-corrected chi connectivity index (χ4v) is 3.89. The summed E-state index contributed by atoms with van der Waals surface area (Å²) in [6, 6.07) is 10.9. The van der Waals surface area contributed by atoms with E-state index < -0.39 is 27.9 Å². The van der Waals surface area contributed by atoms with Gasteiger partial charge >= 0.3 is 5.97 Å². The maximum absolute atomic E-state index is 12.6. The second-order valence-corrected chi connectivity index (χ2v) is 8.35. The van der Waals surface area contributed by atoms with E-state index in [1.54, 1.807) is 19.1 Å². The van der Waals surface area contributed by atoms with Gasteiger partial charge in [0.1, 0.15) is 6.04 Å². The summed E-state index contributed by atoms with van der Waals surface area (Å²) in [5, 5.41) is 3.08. The lowest BCUT2D eigenvalue weighted by atomic mass is 10.1. The second kappa shape index (κ2) is 10.4. The summed E-state index contributed by atoms with van der Waals surface area (Å²) >= 11 is 5.80. The van der Waals surface area contributed by atoms with Gasteiger partial charge in [-0.15, -0.1) is 0 Å². The first-order valence-electron chi connectivity index (χ1n) is 9.12. The number of esters is 1. The summed E-state index contributed by atoms with van der Waals surface area (Å²) < 4.78 is 32.5. The van der Waals surface area contributed by atoms with E-state index in [9.17, 15) is 18.0 Å². The van der Waals surface area contributed by atoms with Crippen molar-refractivity contribution in [2.75, 3.05) is 11.9 Å². The van der Waals surface area contributed by atoms with Crippen LogP contribution in [0.3, 0.4) is 0 Å². The monoisotopic (exact) mass is 438 g/mol. The molecule has 0 aliphatic carbocycles. The van der Waals surface area contributed by atoms with E-state index in [1.807, 2.05) is 6.92 Å². The van der Waals surface area contributed by atoms with Crippen LogP contribution in [0.15, 0.2) is 53.4 Å². The van der Waals surface area contributed by atoms with Crippen molar-refractivity contribution in [2.24, 2.45) is 0 Å². The molecule has 0 saturated carbocycles. The fraction of sp³-hybridized carbons (Fsp3) is 0.300. The quantitative estimate of drug-likeness (QED) is 0.582. The van der Waals surface area contributed by atoms with Gasteiger partial charge in [0.25, 0.3) is 0 Å². The molecule has 2 aromatic carbocycles. The molecule has 0 saturated heterocycles. The van der Waals surface area contributed by atoms with Crippen molar-refractivity contribution in [3.8, 4) is 0 Å². The minimum Gasteiger partial charge on any atom is -0.462 e. The van der Waals surface area contributed by atoms with Gasteiger partial charge in [-0.3, -0.25) is 4.79 Å². The summed E-state index contributed by atoms with van der Waals surface area (Å²) in [6.45, 7) is 3.83. The molecule has 0 aromatic heterocycles. The van der Waals surface area contributed by atoms with Gasteiger partial charge in [0.05, 0.1) is 17.1 Å². The Kier molecular flexibility index (Phi) is 8.19. The first kappa shape index (κ1) is 22.9.